The molecule has 0 amide bonds. The van der Waals surface area contributed by atoms with Crippen molar-refractivity contribution in [2.75, 3.05) is 26.7 Å². The van der Waals surface area contributed by atoms with E-state index in [-0.39, 0.29) is 24.0 Å². The van der Waals surface area contributed by atoms with Crippen molar-refractivity contribution in [3.05, 3.63) is 17.5 Å². The molecule has 0 bridgehead atoms. The number of aryl methyl sites for hydroxylation is 3. The Labute approximate surface area is 170 Å². The van der Waals surface area contributed by atoms with Gasteiger partial charge < -0.3 is 10.2 Å². The maximum Gasteiger partial charge on any atom is 0.193 e. The van der Waals surface area contributed by atoms with Crippen LogP contribution in [0.5, 0.6) is 0 Å². The topological polar surface area (TPSA) is 45.5 Å². The Morgan fingerprint density at radius 2 is 2.16 bits per heavy atom. The number of piperidine rings is 1. The lowest BCUT2D eigenvalue weighted by atomic mass is 9.78. The zero-order chi connectivity index (χ0) is 17.6. The highest BCUT2D eigenvalue weighted by atomic mass is 127. The molecule has 1 N–H and O–H groups in total. The third-order valence-corrected chi connectivity index (χ3v) is 5.08. The summed E-state index contributed by atoms with van der Waals surface area (Å²) in [7, 11) is 1.90. The van der Waals surface area contributed by atoms with E-state index in [1.165, 1.54) is 31.4 Å². The summed E-state index contributed by atoms with van der Waals surface area (Å²) in [5.74, 6) is 1.06. The summed E-state index contributed by atoms with van der Waals surface area (Å²) in [5, 5.41) is 8.07. The minimum Gasteiger partial charge on any atom is -0.356 e. The van der Waals surface area contributed by atoms with Crippen LogP contribution in [0, 0.1) is 19.3 Å². The maximum absolute atomic E-state index is 4.52. The zero-order valence-electron chi connectivity index (χ0n) is 16.6. The van der Waals surface area contributed by atoms with Crippen molar-refractivity contribution < 1.29 is 0 Å². The third kappa shape index (κ3) is 6.46. The minimum atomic E-state index is 0. The number of likely N-dealkylation sites (tertiary alicyclic amines) is 1. The van der Waals surface area contributed by atoms with E-state index in [9.17, 15) is 0 Å². The maximum atomic E-state index is 4.52. The molecule has 2 rings (SSSR count). The van der Waals surface area contributed by atoms with Crippen LogP contribution in [0.25, 0.3) is 0 Å². The molecule has 1 aromatic heterocycles. The second-order valence-corrected chi connectivity index (χ2v) is 7.56. The number of rotatable bonds is 6. The normalized spacial score (nSPS) is 21.2. The molecule has 2 heterocycles. The molecule has 5 nitrogen and oxygen atoms in total. The van der Waals surface area contributed by atoms with Gasteiger partial charge in [-0.25, -0.2) is 0 Å². The first-order valence-corrected chi connectivity index (χ1v) is 9.44. The van der Waals surface area contributed by atoms with E-state index in [0.717, 1.165) is 44.3 Å². The lowest BCUT2D eigenvalue weighted by Gasteiger charge is -2.42. The first-order chi connectivity index (χ1) is 11.5. The number of nitrogens with one attached hydrogen (secondary N) is 1. The number of hydrogen-bond acceptors (Lipinski definition) is 2. The molecule has 25 heavy (non-hydrogen) atoms. The highest BCUT2D eigenvalue weighted by molar-refractivity contribution is 14.0. The molecular formula is C19H36IN5. The first-order valence-electron chi connectivity index (χ1n) is 9.44. The summed E-state index contributed by atoms with van der Waals surface area (Å²) in [6.07, 6.45) is 6.23. The lowest BCUT2D eigenvalue weighted by molar-refractivity contribution is 0.142. The van der Waals surface area contributed by atoms with Crippen molar-refractivity contribution in [3.8, 4) is 0 Å². The third-order valence-electron chi connectivity index (χ3n) is 5.08. The number of nitrogens with zero attached hydrogens (tertiary/aromatic N) is 4. The average Bonchev–Trinajstić information content (AvgIpc) is 2.85. The number of aliphatic imine (C=N–C) groups is 1. The standard InChI is InChI=1S/C19H35N5.HI/c1-6-9-19(4)10-7-12-23(15-19)18(20-5)21-11-8-13-24-17(3)14-16(2)22-24;/h14H,6-13,15H2,1-5H3,(H,20,21);1H. The van der Waals surface area contributed by atoms with Crippen LogP contribution in [0.4, 0.5) is 0 Å². The molecule has 0 saturated carbocycles. The van der Waals surface area contributed by atoms with Gasteiger partial charge in [-0.3, -0.25) is 9.67 Å². The van der Waals surface area contributed by atoms with Crippen LogP contribution in [0.2, 0.25) is 0 Å². The molecule has 0 radical (unpaired) electrons. The van der Waals surface area contributed by atoms with E-state index in [4.69, 9.17) is 0 Å². The van der Waals surface area contributed by atoms with E-state index < -0.39 is 0 Å². The highest BCUT2D eigenvalue weighted by Crippen LogP contribution is 2.33. The Morgan fingerprint density at radius 1 is 1.40 bits per heavy atom. The van der Waals surface area contributed by atoms with Crippen molar-refractivity contribution in [1.29, 1.82) is 0 Å². The molecule has 0 spiro atoms. The van der Waals surface area contributed by atoms with E-state index in [0.29, 0.717) is 5.41 Å². The highest BCUT2D eigenvalue weighted by Gasteiger charge is 2.31. The largest absolute Gasteiger partial charge is 0.356 e. The Kier molecular flexibility index (Phi) is 9.24. The fourth-order valence-electron chi connectivity index (χ4n) is 3.97. The molecule has 6 heteroatoms. The molecule has 0 aliphatic carbocycles. The Balaban J connectivity index is 0.00000312. The van der Waals surface area contributed by atoms with Crippen molar-refractivity contribution in [2.24, 2.45) is 10.4 Å². The summed E-state index contributed by atoms with van der Waals surface area (Å²) in [6.45, 7) is 13.0. The van der Waals surface area contributed by atoms with Crippen molar-refractivity contribution in [1.82, 2.24) is 20.0 Å². The predicted molar refractivity (Wildman–Crippen MR) is 117 cm³/mol. The van der Waals surface area contributed by atoms with Crippen molar-refractivity contribution in [2.45, 2.75) is 66.3 Å². The summed E-state index contributed by atoms with van der Waals surface area (Å²) in [5.41, 5.74) is 2.77. The molecule has 1 atom stereocenters. The molecule has 1 aliphatic heterocycles. The van der Waals surface area contributed by atoms with Gasteiger partial charge in [-0.05, 0) is 51.0 Å². The van der Waals surface area contributed by atoms with E-state index in [1.54, 1.807) is 0 Å². The SMILES string of the molecule is CCCC1(C)CCCN(C(=NC)NCCCn2nc(C)cc2C)C1.I. The number of guanidine groups is 1. The van der Waals surface area contributed by atoms with Gasteiger partial charge in [0.1, 0.15) is 0 Å². The van der Waals surface area contributed by atoms with Crippen LogP contribution in [0.3, 0.4) is 0 Å². The van der Waals surface area contributed by atoms with Crippen LogP contribution in [-0.2, 0) is 6.54 Å². The second kappa shape index (κ2) is 10.4. The van der Waals surface area contributed by atoms with Gasteiger partial charge in [0.25, 0.3) is 0 Å². The van der Waals surface area contributed by atoms with Gasteiger partial charge >= 0.3 is 0 Å². The van der Waals surface area contributed by atoms with Crippen molar-refractivity contribution in [3.63, 3.8) is 0 Å². The van der Waals surface area contributed by atoms with E-state index in [2.05, 4.69) is 51.8 Å². The number of halogens is 1. The molecular weight excluding hydrogens is 425 g/mol. The molecule has 1 fully saturated rings. The number of aromatic nitrogens is 2. The van der Waals surface area contributed by atoms with Gasteiger partial charge in [0.15, 0.2) is 5.96 Å². The molecule has 1 aliphatic rings. The van der Waals surface area contributed by atoms with Gasteiger partial charge in [0, 0.05) is 38.9 Å². The summed E-state index contributed by atoms with van der Waals surface area (Å²) < 4.78 is 2.10. The number of hydrogen-bond donors (Lipinski definition) is 1. The van der Waals surface area contributed by atoms with Gasteiger partial charge in [0.05, 0.1) is 5.69 Å². The zero-order valence-corrected chi connectivity index (χ0v) is 19.0. The Bertz CT molecular complexity index is 550. The van der Waals surface area contributed by atoms with Gasteiger partial charge in [-0.15, -0.1) is 24.0 Å². The first kappa shape index (κ1) is 22.3. The minimum absolute atomic E-state index is 0. The molecule has 1 unspecified atom stereocenters. The molecule has 1 saturated heterocycles. The molecule has 1 aromatic rings. The van der Waals surface area contributed by atoms with E-state index >= 15 is 0 Å². The van der Waals surface area contributed by atoms with Gasteiger partial charge in [-0.1, -0.05) is 20.3 Å². The second-order valence-electron chi connectivity index (χ2n) is 7.56. The average molecular weight is 461 g/mol. The van der Waals surface area contributed by atoms with E-state index in [1.807, 2.05) is 14.0 Å². The van der Waals surface area contributed by atoms with Crippen LogP contribution in [-0.4, -0.2) is 47.3 Å². The van der Waals surface area contributed by atoms with Gasteiger partial charge in [0.2, 0.25) is 0 Å². The summed E-state index contributed by atoms with van der Waals surface area (Å²) in [4.78, 5) is 6.96. The lowest BCUT2D eigenvalue weighted by Crippen LogP contribution is -2.50. The molecule has 144 valence electrons. The Morgan fingerprint density at radius 3 is 2.76 bits per heavy atom. The fourth-order valence-corrected chi connectivity index (χ4v) is 3.97. The predicted octanol–water partition coefficient (Wildman–Crippen LogP) is 3.99. The summed E-state index contributed by atoms with van der Waals surface area (Å²) >= 11 is 0. The van der Waals surface area contributed by atoms with Crippen LogP contribution in [0.15, 0.2) is 11.1 Å². The summed E-state index contributed by atoms with van der Waals surface area (Å²) in [6, 6.07) is 2.13. The smallest absolute Gasteiger partial charge is 0.193 e. The molecule has 0 aromatic carbocycles. The van der Waals surface area contributed by atoms with Gasteiger partial charge in [-0.2, -0.15) is 5.10 Å². The fraction of sp³-hybridized carbons (Fsp3) is 0.789. The quantitative estimate of drug-likeness (QED) is 0.302. The Hall–Kier alpha value is -0.790. The van der Waals surface area contributed by atoms with Crippen LogP contribution < -0.4 is 5.32 Å². The van der Waals surface area contributed by atoms with Crippen LogP contribution >= 0.6 is 24.0 Å². The van der Waals surface area contributed by atoms with Crippen molar-refractivity contribution >= 4 is 29.9 Å². The monoisotopic (exact) mass is 461 g/mol. The van der Waals surface area contributed by atoms with Crippen LogP contribution in [0.1, 0.15) is 57.3 Å².